The van der Waals surface area contributed by atoms with Gasteiger partial charge in [0.05, 0.1) is 20.3 Å². The van der Waals surface area contributed by atoms with Gasteiger partial charge in [-0.05, 0) is 30.9 Å². The average molecular weight is 385 g/mol. The molecule has 0 bridgehead atoms. The molecule has 1 unspecified atom stereocenters. The number of piperazine rings is 1. The summed E-state index contributed by atoms with van der Waals surface area (Å²) in [5.41, 5.74) is 3.03. The molecular formula is C21H27N3O4. The molecule has 0 saturated carbocycles. The Bertz CT molecular complexity index is 949. The van der Waals surface area contributed by atoms with Crippen LogP contribution >= 0.6 is 0 Å². The van der Waals surface area contributed by atoms with Crippen LogP contribution < -0.4 is 14.8 Å². The first-order chi connectivity index (χ1) is 13.3. The van der Waals surface area contributed by atoms with Gasteiger partial charge < -0.3 is 24.7 Å². The van der Waals surface area contributed by atoms with Crippen LogP contribution in [0.2, 0.25) is 0 Å². The molecule has 7 nitrogen and oxygen atoms in total. The van der Waals surface area contributed by atoms with Gasteiger partial charge in [-0.25, -0.2) is 0 Å². The van der Waals surface area contributed by atoms with E-state index in [0.717, 1.165) is 28.6 Å². The zero-order valence-corrected chi connectivity index (χ0v) is 17.0. The number of aromatic amines is 1. The number of nitrogens with one attached hydrogen (secondary N) is 2. The van der Waals surface area contributed by atoms with Crippen molar-refractivity contribution in [2.45, 2.75) is 51.7 Å². The minimum absolute atomic E-state index is 0.0188. The second-order valence-corrected chi connectivity index (χ2v) is 8.11. The Labute approximate surface area is 164 Å². The second-order valence-electron chi connectivity index (χ2n) is 8.11. The molecule has 0 radical (unpaired) electrons. The summed E-state index contributed by atoms with van der Waals surface area (Å²) in [6, 6.07) is 2.75. The van der Waals surface area contributed by atoms with Gasteiger partial charge in [-0.3, -0.25) is 9.59 Å². The Hall–Kier alpha value is -2.70. The summed E-state index contributed by atoms with van der Waals surface area (Å²) in [4.78, 5) is 31.0. The molecule has 0 spiro atoms. The van der Waals surface area contributed by atoms with Crippen molar-refractivity contribution >= 4 is 22.7 Å². The number of methoxy groups -OCH3 is 2. The van der Waals surface area contributed by atoms with Crippen LogP contribution in [0.1, 0.15) is 44.5 Å². The number of fused-ring (bicyclic) bond motifs is 4. The van der Waals surface area contributed by atoms with Gasteiger partial charge in [-0.1, -0.05) is 13.8 Å². The molecule has 28 heavy (non-hydrogen) atoms. The van der Waals surface area contributed by atoms with Crippen molar-refractivity contribution in [3.05, 3.63) is 23.4 Å². The van der Waals surface area contributed by atoms with Crippen LogP contribution in [-0.2, 0) is 16.0 Å². The molecule has 1 aromatic carbocycles. The maximum Gasteiger partial charge on any atom is 0.246 e. The Morgan fingerprint density at radius 1 is 1.18 bits per heavy atom. The molecule has 2 N–H and O–H groups in total. The lowest BCUT2D eigenvalue weighted by Gasteiger charge is -2.46. The lowest BCUT2D eigenvalue weighted by molar-refractivity contribution is -0.153. The molecular weight excluding hydrogens is 358 g/mol. The first-order valence-corrected chi connectivity index (χ1v) is 9.74. The van der Waals surface area contributed by atoms with Crippen LogP contribution in [0, 0.1) is 5.92 Å². The molecule has 3 heterocycles. The zero-order chi connectivity index (χ0) is 20.2. The van der Waals surface area contributed by atoms with Crippen LogP contribution in [0.5, 0.6) is 11.5 Å². The molecule has 150 valence electrons. The van der Waals surface area contributed by atoms with Gasteiger partial charge in [0.1, 0.15) is 12.1 Å². The van der Waals surface area contributed by atoms with Gasteiger partial charge in [-0.15, -0.1) is 0 Å². The predicted molar refractivity (Wildman–Crippen MR) is 106 cm³/mol. The number of carbonyl (C=O) groups excluding carboxylic acids is 2. The van der Waals surface area contributed by atoms with Gasteiger partial charge in [0.15, 0.2) is 11.5 Å². The molecule has 2 aliphatic rings. The number of hydrogen-bond acceptors (Lipinski definition) is 4. The molecule has 7 heteroatoms. The molecule has 4 rings (SSSR count). The molecule has 1 saturated heterocycles. The number of benzene rings is 1. The molecule has 2 amide bonds. The van der Waals surface area contributed by atoms with Crippen molar-refractivity contribution in [1.82, 2.24) is 15.2 Å². The SMILES string of the molecule is COc1cc2[nH]c3c(c2cc1OC)C[C@H]1C(=O)N[C@@H](C)C(=O)N1C3CC(C)C. The molecule has 1 fully saturated rings. The first-order valence-electron chi connectivity index (χ1n) is 9.74. The molecule has 2 aromatic rings. The third kappa shape index (κ3) is 2.72. The minimum atomic E-state index is -0.496. The lowest BCUT2D eigenvalue weighted by Crippen LogP contribution is -2.65. The van der Waals surface area contributed by atoms with Crippen LogP contribution in [0.25, 0.3) is 10.9 Å². The number of ether oxygens (including phenoxy) is 2. The average Bonchev–Trinajstić information content (AvgIpc) is 3.02. The molecule has 1 aromatic heterocycles. The normalized spacial score (nSPS) is 24.2. The smallest absolute Gasteiger partial charge is 0.246 e. The number of carbonyl (C=O) groups is 2. The molecule has 3 atom stereocenters. The van der Waals surface area contributed by atoms with Gasteiger partial charge in [0, 0.05) is 29.1 Å². The van der Waals surface area contributed by atoms with E-state index in [2.05, 4.69) is 24.1 Å². The van der Waals surface area contributed by atoms with E-state index in [1.807, 2.05) is 12.1 Å². The number of amides is 2. The first kappa shape index (κ1) is 18.7. The van der Waals surface area contributed by atoms with E-state index in [9.17, 15) is 9.59 Å². The molecule has 2 aliphatic heterocycles. The summed E-state index contributed by atoms with van der Waals surface area (Å²) in [6.07, 6.45) is 1.28. The minimum Gasteiger partial charge on any atom is -0.493 e. The Kier molecular flexibility index (Phi) is 4.48. The standard InChI is InChI=1S/C21H27N3O4/c1-10(2)6-15-19-13(7-16-20(25)22-11(3)21(26)24(15)16)12-8-17(27-4)18(28-5)9-14(12)23-19/h8-11,15-16,23H,6-7H2,1-5H3,(H,22,25)/t11-,15?,16-/m0/s1. The predicted octanol–water partition coefficient (Wildman–Crippen LogP) is 2.54. The summed E-state index contributed by atoms with van der Waals surface area (Å²) in [5.74, 6) is 1.57. The fraction of sp³-hybridized carbons (Fsp3) is 0.524. The van der Waals surface area contributed by atoms with E-state index >= 15 is 0 Å². The Morgan fingerprint density at radius 3 is 2.50 bits per heavy atom. The van der Waals surface area contributed by atoms with E-state index < -0.39 is 12.1 Å². The molecule has 0 aliphatic carbocycles. The third-order valence-corrected chi connectivity index (χ3v) is 5.83. The number of hydrogen-bond donors (Lipinski definition) is 2. The van der Waals surface area contributed by atoms with E-state index in [1.54, 1.807) is 26.0 Å². The highest BCUT2D eigenvalue weighted by Crippen LogP contribution is 2.43. The fourth-order valence-corrected chi connectivity index (χ4v) is 4.55. The van der Waals surface area contributed by atoms with Gasteiger partial charge in [0.25, 0.3) is 0 Å². The highest BCUT2D eigenvalue weighted by atomic mass is 16.5. The van der Waals surface area contributed by atoms with E-state index in [4.69, 9.17) is 9.47 Å². The van der Waals surface area contributed by atoms with Crippen LogP contribution in [-0.4, -0.2) is 48.0 Å². The van der Waals surface area contributed by atoms with E-state index in [1.165, 1.54) is 0 Å². The summed E-state index contributed by atoms with van der Waals surface area (Å²) in [6.45, 7) is 6.02. The highest BCUT2D eigenvalue weighted by molar-refractivity contribution is 5.99. The fourth-order valence-electron chi connectivity index (χ4n) is 4.55. The summed E-state index contributed by atoms with van der Waals surface area (Å²) >= 11 is 0. The van der Waals surface area contributed by atoms with Gasteiger partial charge in [-0.2, -0.15) is 0 Å². The topological polar surface area (TPSA) is 83.7 Å². The van der Waals surface area contributed by atoms with E-state index in [0.29, 0.717) is 23.8 Å². The monoisotopic (exact) mass is 385 g/mol. The van der Waals surface area contributed by atoms with Gasteiger partial charge in [0.2, 0.25) is 11.8 Å². The van der Waals surface area contributed by atoms with Crippen molar-refractivity contribution in [2.75, 3.05) is 14.2 Å². The van der Waals surface area contributed by atoms with Crippen LogP contribution in [0.4, 0.5) is 0 Å². The summed E-state index contributed by atoms with van der Waals surface area (Å²) in [5, 5.41) is 3.84. The quantitative estimate of drug-likeness (QED) is 0.847. The Balaban J connectivity index is 1.92. The number of rotatable bonds is 4. The highest BCUT2D eigenvalue weighted by Gasteiger charge is 2.47. The van der Waals surface area contributed by atoms with Crippen molar-refractivity contribution in [1.29, 1.82) is 0 Å². The maximum atomic E-state index is 13.0. The van der Waals surface area contributed by atoms with Crippen LogP contribution in [0.3, 0.4) is 0 Å². The zero-order valence-electron chi connectivity index (χ0n) is 17.0. The van der Waals surface area contributed by atoms with Crippen molar-refractivity contribution in [3.8, 4) is 11.5 Å². The number of nitrogens with zero attached hydrogens (tertiary/aromatic N) is 1. The maximum absolute atomic E-state index is 13.0. The summed E-state index contributed by atoms with van der Waals surface area (Å²) in [7, 11) is 3.22. The van der Waals surface area contributed by atoms with Gasteiger partial charge >= 0.3 is 0 Å². The lowest BCUT2D eigenvalue weighted by atomic mass is 9.85. The second kappa shape index (κ2) is 6.72. The third-order valence-electron chi connectivity index (χ3n) is 5.83. The summed E-state index contributed by atoms with van der Waals surface area (Å²) < 4.78 is 10.9. The van der Waals surface area contributed by atoms with Crippen LogP contribution in [0.15, 0.2) is 12.1 Å². The van der Waals surface area contributed by atoms with Crippen molar-refractivity contribution in [2.24, 2.45) is 5.92 Å². The van der Waals surface area contributed by atoms with Crippen molar-refractivity contribution < 1.29 is 19.1 Å². The number of aromatic nitrogens is 1. The van der Waals surface area contributed by atoms with E-state index in [-0.39, 0.29) is 17.9 Å². The largest absolute Gasteiger partial charge is 0.493 e. The number of H-pyrrole nitrogens is 1. The Morgan fingerprint density at radius 2 is 1.86 bits per heavy atom. The van der Waals surface area contributed by atoms with Crippen molar-refractivity contribution in [3.63, 3.8) is 0 Å².